The minimum atomic E-state index is -2.12. The molecule has 0 rings (SSSR count). The molecule has 4 nitrogen and oxygen atoms in total. The van der Waals surface area contributed by atoms with E-state index in [1.54, 1.807) is 6.92 Å². The molecule has 84 valence electrons. The molecular weight excluding hydrogens is 203 g/mol. The summed E-state index contributed by atoms with van der Waals surface area (Å²) in [6.07, 6.45) is 4.45. The molecule has 5 heteroatoms. The first-order valence-electron chi connectivity index (χ1n) is 4.30. The number of hydrogen-bond acceptors (Lipinski definition) is 4. The minimum Gasteiger partial charge on any atom is -0.314 e. The van der Waals surface area contributed by atoms with Crippen molar-refractivity contribution in [2.75, 3.05) is 14.2 Å². The molecule has 0 unspecified atom stereocenters. The van der Waals surface area contributed by atoms with Gasteiger partial charge >= 0.3 is 8.25 Å². The van der Waals surface area contributed by atoms with E-state index in [4.69, 9.17) is 0 Å². The molecule has 0 aliphatic rings. The van der Waals surface area contributed by atoms with E-state index in [2.05, 4.69) is 15.6 Å². The molecule has 0 N–H and O–H groups in total. The van der Waals surface area contributed by atoms with Crippen LogP contribution in [0.5, 0.6) is 0 Å². The van der Waals surface area contributed by atoms with Gasteiger partial charge in [-0.1, -0.05) is 6.08 Å². The topological polar surface area (TPSA) is 52.6 Å². The summed E-state index contributed by atoms with van der Waals surface area (Å²) in [5.41, 5.74) is 0. The summed E-state index contributed by atoms with van der Waals surface area (Å²) < 4.78 is 18.4. The van der Waals surface area contributed by atoms with Crippen molar-refractivity contribution in [3.05, 3.63) is 12.7 Å². The molecule has 14 heavy (non-hydrogen) atoms. The van der Waals surface area contributed by atoms with E-state index in [9.17, 15) is 9.36 Å². The van der Waals surface area contributed by atoms with Gasteiger partial charge < -0.3 is 13.8 Å². The smallest absolute Gasteiger partial charge is 0.314 e. The molecule has 0 aromatic heterocycles. The van der Waals surface area contributed by atoms with E-state index >= 15 is 0 Å². The fourth-order valence-electron chi connectivity index (χ4n) is 0.579. The van der Waals surface area contributed by atoms with Crippen LogP contribution >= 0.6 is 8.25 Å². The molecule has 0 atom stereocenters. The van der Waals surface area contributed by atoms with Gasteiger partial charge in [0, 0.05) is 20.6 Å². The van der Waals surface area contributed by atoms with Gasteiger partial charge in [0.2, 0.25) is 0 Å². The van der Waals surface area contributed by atoms with Crippen LogP contribution < -0.4 is 0 Å². The average molecular weight is 222 g/mol. The van der Waals surface area contributed by atoms with Gasteiger partial charge in [0.25, 0.3) is 0 Å². The maximum Gasteiger partial charge on any atom is 0.318 e. The lowest BCUT2D eigenvalue weighted by molar-refractivity contribution is -0.117. The van der Waals surface area contributed by atoms with E-state index in [-0.39, 0.29) is 5.78 Å². The monoisotopic (exact) mass is 222 g/mol. The Hall–Kier alpha value is -0.440. The minimum absolute atomic E-state index is 0.270. The van der Waals surface area contributed by atoms with Crippen LogP contribution in [0.1, 0.15) is 26.2 Å². The largest absolute Gasteiger partial charge is 0.318 e. The van der Waals surface area contributed by atoms with Crippen molar-refractivity contribution >= 4 is 14.0 Å². The molecule has 0 spiro atoms. The molecular formula is C9H19O4P. The third kappa shape index (κ3) is 17.6. The number of hydrogen-bond donors (Lipinski definition) is 0. The van der Waals surface area contributed by atoms with Gasteiger partial charge in [-0.15, -0.1) is 6.58 Å². The van der Waals surface area contributed by atoms with Gasteiger partial charge in [0.1, 0.15) is 5.78 Å². The van der Waals surface area contributed by atoms with Crippen molar-refractivity contribution in [2.45, 2.75) is 26.2 Å². The van der Waals surface area contributed by atoms with Crippen molar-refractivity contribution in [1.29, 1.82) is 0 Å². The van der Waals surface area contributed by atoms with E-state index in [0.717, 1.165) is 12.8 Å². The summed E-state index contributed by atoms with van der Waals surface area (Å²) in [6.45, 7) is 5.16. The highest BCUT2D eigenvalue weighted by Gasteiger charge is 1.88. The molecule has 0 saturated carbocycles. The Morgan fingerprint density at radius 1 is 1.43 bits per heavy atom. The summed E-state index contributed by atoms with van der Waals surface area (Å²) in [5.74, 6) is 0.270. The fraction of sp³-hybridized carbons (Fsp3) is 0.667. The zero-order chi connectivity index (χ0) is 11.4. The molecule has 0 aliphatic heterocycles. The highest BCUT2D eigenvalue weighted by Crippen LogP contribution is 2.18. The number of unbranched alkanes of at least 4 members (excludes halogenated alkanes) is 1. The highest BCUT2D eigenvalue weighted by molar-refractivity contribution is 7.33. The first-order valence-corrected chi connectivity index (χ1v) is 5.53. The molecule has 0 aliphatic carbocycles. The lowest BCUT2D eigenvalue weighted by Gasteiger charge is -1.89. The first kappa shape index (κ1) is 16.0. The molecule has 0 aromatic rings. The summed E-state index contributed by atoms with van der Waals surface area (Å²) in [4.78, 5) is 10.3. The second-order valence-electron chi connectivity index (χ2n) is 2.54. The molecule has 0 amide bonds. The summed E-state index contributed by atoms with van der Waals surface area (Å²) in [7, 11) is 0.558. The van der Waals surface area contributed by atoms with Crippen LogP contribution in [0, 0.1) is 0 Å². The quantitative estimate of drug-likeness (QED) is 0.394. The van der Waals surface area contributed by atoms with Gasteiger partial charge in [-0.2, -0.15) is 0 Å². The molecule has 0 saturated heterocycles. The van der Waals surface area contributed by atoms with E-state index < -0.39 is 8.25 Å². The van der Waals surface area contributed by atoms with Crippen LogP contribution in [0.4, 0.5) is 0 Å². The van der Waals surface area contributed by atoms with E-state index in [1.807, 2.05) is 6.08 Å². The number of Topliss-reactive ketones (excluding diaryl/α,β-unsaturated/α-hetero) is 1. The standard InChI is InChI=1S/C7H12O.C2H7O3P/c1-3-4-5-6-7(2)8;1-4-6(3)5-2/h3H,1,4-6H2,2H3;6H,1-2H3. The Balaban J connectivity index is 0. The zero-order valence-electron chi connectivity index (χ0n) is 9.04. The Kier molecular flexibility index (Phi) is 14.4. The predicted octanol–water partition coefficient (Wildman–Crippen LogP) is 2.60. The number of ketones is 1. The van der Waals surface area contributed by atoms with Gasteiger partial charge in [-0.05, 0) is 19.8 Å². The van der Waals surface area contributed by atoms with Gasteiger partial charge in [0.05, 0.1) is 0 Å². The third-order valence-corrected chi connectivity index (χ3v) is 1.94. The highest BCUT2D eigenvalue weighted by atomic mass is 31.1. The van der Waals surface area contributed by atoms with Crippen LogP contribution in [0.2, 0.25) is 0 Å². The van der Waals surface area contributed by atoms with Crippen molar-refractivity contribution in [3.63, 3.8) is 0 Å². The maximum absolute atomic E-state index is 10.3. The molecule has 0 aromatic carbocycles. The fourth-order valence-corrected chi connectivity index (χ4v) is 0.745. The van der Waals surface area contributed by atoms with Crippen LogP contribution in [-0.4, -0.2) is 20.0 Å². The molecule has 0 heterocycles. The first-order chi connectivity index (χ1) is 6.58. The van der Waals surface area contributed by atoms with Crippen LogP contribution in [-0.2, 0) is 18.4 Å². The number of carbonyl (C=O) groups is 1. The summed E-state index contributed by atoms with van der Waals surface area (Å²) >= 11 is 0. The van der Waals surface area contributed by atoms with Crippen LogP contribution in [0.25, 0.3) is 0 Å². The Bertz CT molecular complexity index is 174. The van der Waals surface area contributed by atoms with Crippen LogP contribution in [0.3, 0.4) is 0 Å². The van der Waals surface area contributed by atoms with Crippen molar-refractivity contribution in [2.24, 2.45) is 0 Å². The number of carbonyl (C=O) groups excluding carboxylic acids is 1. The SMILES string of the molecule is C=CCCCC(C)=O.CO[PH](=O)OC. The van der Waals surface area contributed by atoms with Crippen molar-refractivity contribution < 1.29 is 18.4 Å². The average Bonchev–Trinajstić information content (AvgIpc) is 2.17. The maximum atomic E-state index is 10.3. The second kappa shape index (κ2) is 12.6. The van der Waals surface area contributed by atoms with Crippen molar-refractivity contribution in [3.8, 4) is 0 Å². The van der Waals surface area contributed by atoms with E-state index in [0.29, 0.717) is 6.42 Å². The third-order valence-electron chi connectivity index (χ3n) is 1.27. The molecule has 0 fully saturated rings. The van der Waals surface area contributed by atoms with Crippen LogP contribution in [0.15, 0.2) is 12.7 Å². The Morgan fingerprint density at radius 2 is 1.93 bits per heavy atom. The lowest BCUT2D eigenvalue weighted by atomic mass is 10.2. The van der Waals surface area contributed by atoms with Crippen molar-refractivity contribution in [1.82, 2.24) is 0 Å². The second-order valence-corrected chi connectivity index (χ2v) is 3.86. The van der Waals surface area contributed by atoms with Gasteiger partial charge in [-0.3, -0.25) is 4.57 Å². The lowest BCUT2D eigenvalue weighted by Crippen LogP contribution is -1.87. The summed E-state index contributed by atoms with van der Waals surface area (Å²) in [6, 6.07) is 0. The van der Waals surface area contributed by atoms with Gasteiger partial charge in [0.15, 0.2) is 0 Å². The number of rotatable bonds is 6. The normalized spacial score (nSPS) is 9.14. The zero-order valence-corrected chi connectivity index (χ0v) is 10.0. The summed E-state index contributed by atoms with van der Waals surface area (Å²) in [5, 5.41) is 0. The Labute approximate surface area is 86.2 Å². The molecule has 0 radical (unpaired) electrons. The molecule has 0 bridgehead atoms. The van der Waals surface area contributed by atoms with E-state index in [1.165, 1.54) is 14.2 Å². The number of allylic oxidation sites excluding steroid dienone is 1. The van der Waals surface area contributed by atoms with Gasteiger partial charge in [-0.25, -0.2) is 0 Å². The predicted molar refractivity (Wildman–Crippen MR) is 57.7 cm³/mol. The Morgan fingerprint density at radius 3 is 2.14 bits per heavy atom.